The van der Waals surface area contributed by atoms with Crippen LogP contribution in [0.15, 0.2) is 36.4 Å². The Morgan fingerprint density at radius 1 is 1.00 bits per heavy atom. The molecule has 0 unspecified atom stereocenters. The van der Waals surface area contributed by atoms with Gasteiger partial charge in [0, 0.05) is 44.8 Å². The Morgan fingerprint density at radius 3 is 2.36 bits per heavy atom. The summed E-state index contributed by atoms with van der Waals surface area (Å²) in [6.07, 6.45) is -2.64. The summed E-state index contributed by atoms with van der Waals surface area (Å²) in [4.78, 5) is 19.6. The smallest absolute Gasteiger partial charge is 0.406 e. The van der Waals surface area contributed by atoms with E-state index in [0.717, 1.165) is 67.8 Å². The molecule has 2 aliphatic heterocycles. The molecule has 178 valence electrons. The number of halogens is 3. The van der Waals surface area contributed by atoms with Gasteiger partial charge in [-0.3, -0.25) is 4.79 Å². The van der Waals surface area contributed by atoms with Gasteiger partial charge in [-0.05, 0) is 67.7 Å². The van der Waals surface area contributed by atoms with E-state index in [4.69, 9.17) is 0 Å². The van der Waals surface area contributed by atoms with Gasteiger partial charge in [0.05, 0.1) is 0 Å². The average molecular weight is 462 g/mol. The largest absolute Gasteiger partial charge is 0.573 e. The molecule has 4 rings (SSSR count). The third-order valence-electron chi connectivity index (χ3n) is 6.41. The summed E-state index contributed by atoms with van der Waals surface area (Å²) in [5.74, 6) is -0.290. The molecule has 0 spiro atoms. The van der Waals surface area contributed by atoms with E-state index in [9.17, 15) is 18.0 Å². The average Bonchev–Trinajstić information content (AvgIpc) is 3.05. The van der Waals surface area contributed by atoms with E-state index >= 15 is 0 Å². The zero-order valence-electron chi connectivity index (χ0n) is 19.1. The van der Waals surface area contributed by atoms with Gasteiger partial charge in [-0.1, -0.05) is 24.3 Å². The summed E-state index contributed by atoms with van der Waals surface area (Å²) in [6.45, 7) is 8.40. The molecule has 0 aliphatic carbocycles. The van der Waals surface area contributed by atoms with E-state index in [2.05, 4.69) is 33.7 Å². The van der Waals surface area contributed by atoms with Gasteiger partial charge in [0.25, 0.3) is 5.91 Å². The molecule has 1 amide bonds. The molecule has 1 saturated heterocycles. The van der Waals surface area contributed by atoms with Crippen LogP contribution in [0.4, 0.5) is 13.2 Å². The lowest BCUT2D eigenvalue weighted by Crippen LogP contribution is -2.44. The van der Waals surface area contributed by atoms with Gasteiger partial charge in [0.1, 0.15) is 5.75 Å². The number of fused-ring (bicyclic) bond motifs is 1. The van der Waals surface area contributed by atoms with Gasteiger partial charge in [-0.15, -0.1) is 13.2 Å². The molecule has 0 atom stereocenters. The molecule has 2 aromatic carbocycles. The summed E-state index contributed by atoms with van der Waals surface area (Å²) in [7, 11) is 2.16. The maximum Gasteiger partial charge on any atom is 0.573 e. The molecular weight excluding hydrogens is 431 g/mol. The van der Waals surface area contributed by atoms with Gasteiger partial charge >= 0.3 is 6.36 Å². The first kappa shape index (κ1) is 23.6. The Hall–Kier alpha value is -2.58. The van der Waals surface area contributed by atoms with Crippen LogP contribution in [0.25, 0.3) is 0 Å². The van der Waals surface area contributed by atoms with Crippen molar-refractivity contribution in [2.24, 2.45) is 0 Å². The van der Waals surface area contributed by atoms with E-state index in [1.54, 1.807) is 17.0 Å². The summed E-state index contributed by atoms with van der Waals surface area (Å²) in [5, 5.41) is 0. The Bertz CT molecular complexity index is 984. The molecule has 8 heteroatoms. The molecule has 0 saturated carbocycles. The van der Waals surface area contributed by atoms with Gasteiger partial charge < -0.3 is 19.4 Å². The van der Waals surface area contributed by atoms with Gasteiger partial charge in [0.15, 0.2) is 0 Å². The first-order valence-electron chi connectivity index (χ1n) is 11.4. The predicted molar refractivity (Wildman–Crippen MR) is 120 cm³/mol. The Kier molecular flexibility index (Phi) is 6.95. The number of likely N-dealkylation sites (N-methyl/N-ethyl adjacent to an activating group) is 1. The number of rotatable bonds is 7. The van der Waals surface area contributed by atoms with E-state index in [1.807, 2.05) is 6.92 Å². The number of aryl methyl sites for hydroxylation is 2. The van der Waals surface area contributed by atoms with Crippen molar-refractivity contribution in [1.29, 1.82) is 0 Å². The molecule has 5 nitrogen and oxygen atoms in total. The second-order valence-electron chi connectivity index (χ2n) is 9.05. The van der Waals surface area contributed by atoms with Crippen molar-refractivity contribution in [2.45, 2.75) is 39.2 Å². The fraction of sp³-hybridized carbons (Fsp3) is 0.480. The number of amides is 1. The monoisotopic (exact) mass is 461 g/mol. The van der Waals surface area contributed by atoms with E-state index < -0.39 is 6.36 Å². The lowest BCUT2D eigenvalue weighted by Gasteiger charge is -2.32. The van der Waals surface area contributed by atoms with Crippen molar-refractivity contribution in [3.8, 4) is 5.75 Å². The number of nitrogens with zero attached hydrogens (tertiary/aromatic N) is 3. The number of ether oxygens (including phenoxy) is 1. The minimum absolute atomic E-state index is 0.0258. The quantitative estimate of drug-likeness (QED) is 0.618. The third kappa shape index (κ3) is 6.06. The van der Waals surface area contributed by atoms with Crippen LogP contribution in [0, 0.1) is 6.92 Å². The van der Waals surface area contributed by atoms with Crippen LogP contribution in [0.2, 0.25) is 0 Å². The number of benzene rings is 2. The Balaban J connectivity index is 1.35. The molecule has 0 N–H and O–H groups in total. The second kappa shape index (κ2) is 9.73. The van der Waals surface area contributed by atoms with Crippen molar-refractivity contribution >= 4 is 5.91 Å². The number of hydrogen-bond acceptors (Lipinski definition) is 4. The summed E-state index contributed by atoms with van der Waals surface area (Å²) >= 11 is 0. The lowest BCUT2D eigenvalue weighted by atomic mass is 9.98. The number of carbonyl (C=O) groups excluding carboxylic acids is 1. The van der Waals surface area contributed by atoms with E-state index in [1.165, 1.54) is 17.7 Å². The highest BCUT2D eigenvalue weighted by atomic mass is 19.4. The Labute approximate surface area is 192 Å². The van der Waals surface area contributed by atoms with Crippen LogP contribution in [-0.2, 0) is 19.5 Å². The first-order chi connectivity index (χ1) is 15.7. The van der Waals surface area contributed by atoms with Crippen LogP contribution in [0.5, 0.6) is 5.75 Å². The SMILES string of the molecule is Cc1cc(CCCN2CCN(C)CC2)cc2c1C(=O)N(Cc1ccc(OC(F)(F)F)cc1)C2. The van der Waals surface area contributed by atoms with Gasteiger partial charge in [-0.25, -0.2) is 0 Å². The molecule has 1 fully saturated rings. The lowest BCUT2D eigenvalue weighted by molar-refractivity contribution is -0.274. The highest BCUT2D eigenvalue weighted by Gasteiger charge is 2.31. The third-order valence-corrected chi connectivity index (χ3v) is 6.41. The molecular formula is C25H30F3N3O2. The summed E-state index contributed by atoms with van der Waals surface area (Å²) in [6, 6.07) is 9.94. The maximum atomic E-state index is 13.0. The van der Waals surface area contributed by atoms with Crippen LogP contribution < -0.4 is 4.74 Å². The molecule has 0 radical (unpaired) electrons. The highest BCUT2D eigenvalue weighted by Crippen LogP contribution is 2.30. The van der Waals surface area contributed by atoms with Crippen molar-refractivity contribution < 1.29 is 22.7 Å². The van der Waals surface area contributed by atoms with Crippen molar-refractivity contribution in [1.82, 2.24) is 14.7 Å². The summed E-state index contributed by atoms with van der Waals surface area (Å²) in [5.41, 5.74) is 4.80. The van der Waals surface area contributed by atoms with Crippen LogP contribution in [-0.4, -0.2) is 66.7 Å². The van der Waals surface area contributed by atoms with Crippen LogP contribution >= 0.6 is 0 Å². The topological polar surface area (TPSA) is 36.0 Å². The standard InChI is InChI=1S/C25H30F3N3O2/c1-18-14-20(4-3-9-30-12-10-29(2)11-13-30)15-21-17-31(24(32)23(18)21)16-19-5-7-22(8-6-19)33-25(26,27)28/h5-8,14-15H,3-4,9-13,16-17H2,1-2H3. The minimum Gasteiger partial charge on any atom is -0.406 e. The van der Waals surface area contributed by atoms with Gasteiger partial charge in [0.2, 0.25) is 0 Å². The zero-order valence-corrected chi connectivity index (χ0v) is 19.1. The summed E-state index contributed by atoms with van der Waals surface area (Å²) < 4.78 is 41.0. The fourth-order valence-electron chi connectivity index (χ4n) is 4.67. The van der Waals surface area contributed by atoms with Crippen molar-refractivity contribution in [2.75, 3.05) is 39.8 Å². The Morgan fingerprint density at radius 2 is 1.70 bits per heavy atom. The van der Waals surface area contributed by atoms with Crippen molar-refractivity contribution in [3.63, 3.8) is 0 Å². The molecule has 0 aromatic heterocycles. The predicted octanol–water partition coefficient (Wildman–Crippen LogP) is 4.23. The molecule has 2 heterocycles. The molecule has 2 aromatic rings. The second-order valence-corrected chi connectivity index (χ2v) is 9.05. The van der Waals surface area contributed by atoms with Crippen LogP contribution in [0.3, 0.4) is 0 Å². The highest BCUT2D eigenvalue weighted by molar-refractivity contribution is 5.99. The number of carbonyl (C=O) groups is 1. The fourth-order valence-corrected chi connectivity index (χ4v) is 4.67. The molecule has 0 bridgehead atoms. The molecule has 2 aliphatic rings. The van der Waals surface area contributed by atoms with E-state index in [-0.39, 0.29) is 11.7 Å². The zero-order chi connectivity index (χ0) is 23.6. The minimum atomic E-state index is -4.71. The van der Waals surface area contributed by atoms with Gasteiger partial charge in [-0.2, -0.15) is 0 Å². The normalized spacial score (nSPS) is 17.5. The van der Waals surface area contributed by atoms with Crippen LogP contribution in [0.1, 0.15) is 39.0 Å². The first-order valence-corrected chi connectivity index (χ1v) is 11.4. The van der Waals surface area contributed by atoms with E-state index in [0.29, 0.717) is 13.1 Å². The van der Waals surface area contributed by atoms with Crippen molar-refractivity contribution in [3.05, 3.63) is 64.2 Å². The number of piperazine rings is 1. The number of hydrogen-bond donors (Lipinski definition) is 0. The number of alkyl halides is 3. The molecule has 33 heavy (non-hydrogen) atoms. The maximum absolute atomic E-state index is 13.0.